The number of thioether (sulfide) groups is 1. The van der Waals surface area contributed by atoms with Crippen molar-refractivity contribution in [2.75, 3.05) is 18.6 Å². The predicted molar refractivity (Wildman–Crippen MR) is 142 cm³/mol. The number of rotatable bonds is 19. The Labute approximate surface area is 221 Å². The van der Waals surface area contributed by atoms with E-state index in [1.807, 2.05) is 20.1 Å². The van der Waals surface area contributed by atoms with Crippen LogP contribution in [0.1, 0.15) is 52.4 Å². The minimum absolute atomic E-state index is 0.109. The van der Waals surface area contributed by atoms with Gasteiger partial charge in [-0.25, -0.2) is 4.79 Å². The Balaban J connectivity index is 5.62. The molecule has 14 nitrogen and oxygen atoms in total. The van der Waals surface area contributed by atoms with Crippen molar-refractivity contribution in [3.05, 3.63) is 0 Å². The van der Waals surface area contributed by atoms with Crippen LogP contribution < -0.4 is 38.9 Å². The highest BCUT2D eigenvalue weighted by atomic mass is 32.2. The first-order valence-corrected chi connectivity index (χ1v) is 13.4. The lowest BCUT2D eigenvalue weighted by atomic mass is 9.98. The zero-order valence-electron chi connectivity index (χ0n) is 21.7. The maximum Gasteiger partial charge on any atom is 0.326 e. The molecule has 4 amide bonds. The standard InChI is InChI=1S/C22H42N8O6S/c1-4-12(2)17(24)20(34)29-13(6-5-10-27-22(25)26)18(32)28-14(9-11-37-3)19(33)30-15(21(35)36)7-8-16(23)31/h12-15,17H,4-11,24H2,1-3H3,(H2,23,31)(H,28,32)(H,29,34)(H,30,33)(H,35,36)(H4,25,26,27). The van der Waals surface area contributed by atoms with E-state index in [1.165, 1.54) is 11.8 Å². The second kappa shape index (κ2) is 18.2. The van der Waals surface area contributed by atoms with Crippen LogP contribution in [0.3, 0.4) is 0 Å². The number of hydrogen-bond acceptors (Lipinski definition) is 8. The number of hydrogen-bond donors (Lipinski definition) is 8. The topological polar surface area (TPSA) is 258 Å². The third kappa shape index (κ3) is 14.3. The van der Waals surface area contributed by atoms with Gasteiger partial charge in [-0.3, -0.25) is 24.2 Å². The zero-order valence-corrected chi connectivity index (χ0v) is 22.5. The molecular formula is C22H42N8O6S. The van der Waals surface area contributed by atoms with Gasteiger partial charge in [0.1, 0.15) is 18.1 Å². The molecule has 0 rings (SSSR count). The fourth-order valence-electron chi connectivity index (χ4n) is 3.15. The molecule has 212 valence electrons. The van der Waals surface area contributed by atoms with Crippen molar-refractivity contribution >= 4 is 47.3 Å². The van der Waals surface area contributed by atoms with E-state index in [2.05, 4.69) is 20.9 Å². The van der Waals surface area contributed by atoms with Gasteiger partial charge in [0.05, 0.1) is 6.04 Å². The summed E-state index contributed by atoms with van der Waals surface area (Å²) < 4.78 is 0. The Morgan fingerprint density at radius 1 is 0.892 bits per heavy atom. The monoisotopic (exact) mass is 546 g/mol. The first kappa shape index (κ1) is 33.9. The summed E-state index contributed by atoms with van der Waals surface area (Å²) in [6.45, 7) is 3.92. The molecule has 0 heterocycles. The number of amides is 4. The third-order valence-corrected chi connectivity index (χ3v) is 6.32. The number of primary amides is 1. The van der Waals surface area contributed by atoms with Crippen LogP contribution in [0.25, 0.3) is 0 Å². The molecule has 0 aliphatic carbocycles. The summed E-state index contributed by atoms with van der Waals surface area (Å²) in [6, 6.07) is -4.32. The van der Waals surface area contributed by atoms with Crippen molar-refractivity contribution in [1.29, 1.82) is 0 Å². The first-order valence-electron chi connectivity index (χ1n) is 12.1. The van der Waals surface area contributed by atoms with Crippen LogP contribution in [0, 0.1) is 5.92 Å². The van der Waals surface area contributed by atoms with Crippen molar-refractivity contribution in [3.63, 3.8) is 0 Å². The Bertz CT molecular complexity index is 808. The highest BCUT2D eigenvalue weighted by Crippen LogP contribution is 2.09. The number of nitrogens with one attached hydrogen (secondary N) is 3. The summed E-state index contributed by atoms with van der Waals surface area (Å²) in [5, 5.41) is 17.0. The van der Waals surface area contributed by atoms with Crippen LogP contribution in [-0.2, 0) is 24.0 Å². The molecular weight excluding hydrogens is 504 g/mol. The fraction of sp³-hybridized carbons (Fsp3) is 0.727. The number of carboxylic acid groups (broad SMARTS) is 1. The smallest absolute Gasteiger partial charge is 0.326 e. The predicted octanol–water partition coefficient (Wildman–Crippen LogP) is -2.03. The van der Waals surface area contributed by atoms with Crippen LogP contribution in [0.15, 0.2) is 4.99 Å². The van der Waals surface area contributed by atoms with Crippen LogP contribution in [0.2, 0.25) is 0 Å². The van der Waals surface area contributed by atoms with Gasteiger partial charge in [-0.1, -0.05) is 20.3 Å². The van der Waals surface area contributed by atoms with Crippen molar-refractivity contribution in [3.8, 4) is 0 Å². The number of guanidine groups is 1. The first-order chi connectivity index (χ1) is 17.3. The van der Waals surface area contributed by atoms with Crippen LogP contribution in [0.4, 0.5) is 0 Å². The summed E-state index contributed by atoms with van der Waals surface area (Å²) in [5.41, 5.74) is 21.8. The summed E-state index contributed by atoms with van der Waals surface area (Å²) in [5.74, 6) is -3.69. The van der Waals surface area contributed by atoms with E-state index in [9.17, 15) is 29.1 Å². The van der Waals surface area contributed by atoms with E-state index in [1.54, 1.807) is 0 Å². The minimum atomic E-state index is -1.36. The van der Waals surface area contributed by atoms with Gasteiger partial charge in [0.15, 0.2) is 5.96 Å². The van der Waals surface area contributed by atoms with Gasteiger partial charge >= 0.3 is 5.97 Å². The summed E-state index contributed by atoms with van der Waals surface area (Å²) in [6.07, 6.45) is 2.75. The molecule has 5 atom stereocenters. The van der Waals surface area contributed by atoms with Crippen LogP contribution in [-0.4, -0.2) is 83.4 Å². The quantitative estimate of drug-likeness (QED) is 0.0500. The van der Waals surface area contributed by atoms with E-state index in [0.29, 0.717) is 18.6 Å². The van der Waals surface area contributed by atoms with Gasteiger partial charge in [0, 0.05) is 13.0 Å². The van der Waals surface area contributed by atoms with E-state index >= 15 is 0 Å². The van der Waals surface area contributed by atoms with Crippen molar-refractivity contribution in [2.45, 2.75) is 76.5 Å². The number of nitrogens with zero attached hydrogens (tertiary/aromatic N) is 1. The van der Waals surface area contributed by atoms with Gasteiger partial charge in [-0.05, 0) is 43.6 Å². The number of carboxylic acids is 1. The zero-order chi connectivity index (χ0) is 28.5. The summed E-state index contributed by atoms with van der Waals surface area (Å²) >= 11 is 1.43. The van der Waals surface area contributed by atoms with E-state index in [0.717, 1.165) is 0 Å². The highest BCUT2D eigenvalue weighted by molar-refractivity contribution is 7.98. The summed E-state index contributed by atoms with van der Waals surface area (Å²) in [4.78, 5) is 65.2. The maximum absolute atomic E-state index is 13.2. The van der Waals surface area contributed by atoms with Crippen molar-refractivity contribution in [2.24, 2.45) is 33.8 Å². The molecule has 0 aliphatic rings. The molecule has 0 aromatic carbocycles. The minimum Gasteiger partial charge on any atom is -0.480 e. The normalized spacial score (nSPS) is 14.8. The number of aliphatic carboxylic acids is 1. The lowest BCUT2D eigenvalue weighted by Gasteiger charge is -2.26. The van der Waals surface area contributed by atoms with Crippen LogP contribution >= 0.6 is 11.8 Å². The SMILES string of the molecule is CCC(C)C(N)C(=O)NC(CCCN=C(N)N)C(=O)NC(CCSC)C(=O)NC(CCC(N)=O)C(=O)O. The Morgan fingerprint density at radius 2 is 1.43 bits per heavy atom. The number of nitrogens with two attached hydrogens (primary N) is 4. The van der Waals surface area contributed by atoms with Crippen LogP contribution in [0.5, 0.6) is 0 Å². The van der Waals surface area contributed by atoms with Gasteiger partial charge in [0.25, 0.3) is 0 Å². The molecule has 0 aromatic rings. The van der Waals surface area contributed by atoms with Gasteiger partial charge in [-0.2, -0.15) is 11.8 Å². The van der Waals surface area contributed by atoms with Gasteiger partial charge < -0.3 is 44.0 Å². The highest BCUT2D eigenvalue weighted by Gasteiger charge is 2.30. The second-order valence-corrected chi connectivity index (χ2v) is 9.65. The van der Waals surface area contributed by atoms with Gasteiger partial charge in [0.2, 0.25) is 23.6 Å². The van der Waals surface area contributed by atoms with E-state index < -0.39 is 53.8 Å². The molecule has 5 unspecified atom stereocenters. The lowest BCUT2D eigenvalue weighted by Crippen LogP contribution is -2.57. The maximum atomic E-state index is 13.2. The number of carbonyl (C=O) groups excluding carboxylic acids is 4. The average Bonchev–Trinajstić information content (AvgIpc) is 2.83. The molecule has 12 N–H and O–H groups in total. The molecule has 0 fully saturated rings. The molecule has 0 radical (unpaired) electrons. The Hall–Kier alpha value is -3.07. The molecule has 0 bridgehead atoms. The summed E-state index contributed by atoms with van der Waals surface area (Å²) in [7, 11) is 0. The lowest BCUT2D eigenvalue weighted by molar-refractivity contribution is -0.142. The molecule has 0 spiro atoms. The van der Waals surface area contributed by atoms with Gasteiger partial charge in [-0.15, -0.1) is 0 Å². The van der Waals surface area contributed by atoms with E-state index in [-0.39, 0.29) is 44.1 Å². The third-order valence-electron chi connectivity index (χ3n) is 5.68. The van der Waals surface area contributed by atoms with Crippen molar-refractivity contribution < 1.29 is 29.1 Å². The second-order valence-electron chi connectivity index (χ2n) is 8.67. The number of carbonyl (C=O) groups is 5. The Kier molecular flexibility index (Phi) is 16.7. The molecule has 37 heavy (non-hydrogen) atoms. The molecule has 0 saturated heterocycles. The average molecular weight is 547 g/mol. The van der Waals surface area contributed by atoms with E-state index in [4.69, 9.17) is 22.9 Å². The molecule has 0 saturated carbocycles. The van der Waals surface area contributed by atoms with Crippen molar-refractivity contribution in [1.82, 2.24) is 16.0 Å². The molecule has 0 aromatic heterocycles. The number of aliphatic imine (C=N–C) groups is 1. The largest absolute Gasteiger partial charge is 0.480 e. The molecule has 15 heteroatoms. The molecule has 0 aliphatic heterocycles. The fourth-order valence-corrected chi connectivity index (χ4v) is 3.62. The Morgan fingerprint density at radius 3 is 1.92 bits per heavy atom.